The zero-order valence-corrected chi connectivity index (χ0v) is 15.8. The van der Waals surface area contributed by atoms with Crippen molar-refractivity contribution in [3.8, 4) is 11.5 Å². The Labute approximate surface area is 167 Å². The molecule has 1 saturated heterocycles. The number of carbonyl (C=O) groups excluding carboxylic acids is 1. The molecule has 30 heavy (non-hydrogen) atoms. The Morgan fingerprint density at radius 1 is 1.07 bits per heavy atom. The van der Waals surface area contributed by atoms with Gasteiger partial charge in [0.05, 0.1) is 18.8 Å². The van der Waals surface area contributed by atoms with Crippen LogP contribution in [-0.4, -0.2) is 31.3 Å². The molecule has 2 aliphatic rings. The van der Waals surface area contributed by atoms with Crippen molar-refractivity contribution in [3.05, 3.63) is 58.7 Å². The van der Waals surface area contributed by atoms with E-state index in [1.165, 1.54) is 6.07 Å². The minimum Gasteiger partial charge on any atom is -0.456 e. The SMILES string of the molecule is CC(F)(F)F.Cc1ccc(Oc2cc(F)cc(F)c2)c2c1C1(OCCO1)C(F)C2=O. The van der Waals surface area contributed by atoms with Crippen LogP contribution in [0.1, 0.15) is 28.4 Å². The minimum absolute atomic E-state index is 0.00535. The highest BCUT2D eigenvalue weighted by Gasteiger charge is 2.59. The Morgan fingerprint density at radius 2 is 1.60 bits per heavy atom. The Kier molecular flexibility index (Phi) is 5.83. The van der Waals surface area contributed by atoms with E-state index in [1.807, 2.05) is 0 Å². The molecule has 1 aliphatic heterocycles. The summed E-state index contributed by atoms with van der Waals surface area (Å²) in [5, 5.41) is 0. The summed E-state index contributed by atoms with van der Waals surface area (Å²) in [6.45, 7) is 2.20. The lowest BCUT2D eigenvalue weighted by molar-refractivity contribution is -0.191. The predicted molar refractivity (Wildman–Crippen MR) is 92.1 cm³/mol. The van der Waals surface area contributed by atoms with Gasteiger partial charge in [-0.1, -0.05) is 6.07 Å². The van der Waals surface area contributed by atoms with Crippen molar-refractivity contribution in [2.45, 2.75) is 32.0 Å². The van der Waals surface area contributed by atoms with Gasteiger partial charge in [0.15, 0.2) is 0 Å². The first-order chi connectivity index (χ1) is 13.9. The fourth-order valence-corrected chi connectivity index (χ4v) is 3.33. The minimum atomic E-state index is -4.00. The first kappa shape index (κ1) is 22.1. The summed E-state index contributed by atoms with van der Waals surface area (Å²) < 4.78 is 88.9. The van der Waals surface area contributed by atoms with E-state index in [-0.39, 0.29) is 42.8 Å². The normalized spacial score (nSPS) is 19.5. The van der Waals surface area contributed by atoms with E-state index in [4.69, 9.17) is 14.2 Å². The molecule has 4 nitrogen and oxygen atoms in total. The van der Waals surface area contributed by atoms with Gasteiger partial charge in [-0.3, -0.25) is 4.79 Å². The van der Waals surface area contributed by atoms with Crippen molar-refractivity contribution in [2.75, 3.05) is 13.2 Å². The number of Topliss-reactive ketones (excluding diaryl/α,β-unsaturated/α-hetero) is 1. The summed E-state index contributed by atoms with van der Waals surface area (Å²) in [5.74, 6) is -4.41. The third kappa shape index (κ3) is 4.29. The van der Waals surface area contributed by atoms with Crippen LogP contribution in [0, 0.1) is 18.6 Å². The van der Waals surface area contributed by atoms with Gasteiger partial charge in [0, 0.05) is 30.7 Å². The monoisotopic (exact) mass is 434 g/mol. The maximum atomic E-state index is 14.7. The molecule has 1 atom stereocenters. The second-order valence-corrected chi connectivity index (χ2v) is 6.71. The Balaban J connectivity index is 0.000000461. The molecule has 2 aromatic rings. The van der Waals surface area contributed by atoms with E-state index < -0.39 is 35.6 Å². The maximum absolute atomic E-state index is 14.7. The summed E-state index contributed by atoms with van der Waals surface area (Å²) in [4.78, 5) is 12.5. The van der Waals surface area contributed by atoms with Gasteiger partial charge in [-0.05, 0) is 18.6 Å². The number of carbonyl (C=O) groups is 1. The van der Waals surface area contributed by atoms with Crippen LogP contribution in [0.15, 0.2) is 30.3 Å². The number of ketones is 1. The van der Waals surface area contributed by atoms with Gasteiger partial charge in [-0.25, -0.2) is 13.2 Å². The van der Waals surface area contributed by atoms with Crippen LogP contribution < -0.4 is 4.74 Å². The van der Waals surface area contributed by atoms with Crippen LogP contribution in [0.3, 0.4) is 0 Å². The summed E-state index contributed by atoms with van der Waals surface area (Å²) >= 11 is 0. The smallest absolute Gasteiger partial charge is 0.386 e. The summed E-state index contributed by atoms with van der Waals surface area (Å²) in [6.07, 6.45) is -6.03. The van der Waals surface area contributed by atoms with Crippen LogP contribution in [0.5, 0.6) is 11.5 Å². The molecule has 0 saturated carbocycles. The molecule has 2 aromatic carbocycles. The van der Waals surface area contributed by atoms with Gasteiger partial charge in [-0.2, -0.15) is 13.2 Å². The van der Waals surface area contributed by atoms with Crippen molar-refractivity contribution < 1.29 is 45.3 Å². The molecule has 1 heterocycles. The number of hydrogen-bond acceptors (Lipinski definition) is 4. The lowest BCUT2D eigenvalue weighted by Crippen LogP contribution is -2.36. The zero-order valence-electron chi connectivity index (χ0n) is 15.8. The third-order valence-corrected chi connectivity index (χ3v) is 4.31. The second kappa shape index (κ2) is 7.92. The van der Waals surface area contributed by atoms with Gasteiger partial charge in [0.2, 0.25) is 17.7 Å². The first-order valence-corrected chi connectivity index (χ1v) is 8.73. The van der Waals surface area contributed by atoms with Gasteiger partial charge in [0.25, 0.3) is 0 Å². The van der Waals surface area contributed by atoms with E-state index in [0.29, 0.717) is 11.6 Å². The number of rotatable bonds is 2. The number of hydrogen-bond donors (Lipinski definition) is 0. The lowest BCUT2D eigenvalue weighted by atomic mass is 10.00. The van der Waals surface area contributed by atoms with Crippen LogP contribution in [0.4, 0.5) is 26.3 Å². The molecular formula is C20H16F6O4. The van der Waals surface area contributed by atoms with Gasteiger partial charge in [-0.15, -0.1) is 0 Å². The van der Waals surface area contributed by atoms with Gasteiger partial charge < -0.3 is 14.2 Å². The third-order valence-electron chi connectivity index (χ3n) is 4.31. The number of ether oxygens (including phenoxy) is 3. The van der Waals surface area contributed by atoms with Crippen molar-refractivity contribution >= 4 is 5.78 Å². The van der Waals surface area contributed by atoms with Crippen LogP contribution in [0.25, 0.3) is 0 Å². The highest BCUT2D eigenvalue weighted by Crippen LogP contribution is 2.50. The molecule has 1 fully saturated rings. The van der Waals surface area contributed by atoms with Crippen LogP contribution in [-0.2, 0) is 15.3 Å². The molecule has 162 valence electrons. The largest absolute Gasteiger partial charge is 0.456 e. The standard InChI is InChI=1S/C18H13F3O4.C2H3F3/c1-9-2-3-13(25-12-7-10(19)6-11(20)8-12)14-15(9)18(17(21)16(14)22)23-4-5-24-18;1-2(3,4)5/h2-3,6-8,17H,4-5H2,1H3;1H3. The van der Waals surface area contributed by atoms with Crippen molar-refractivity contribution in [1.82, 2.24) is 0 Å². The number of halogens is 6. The molecule has 0 N–H and O–H groups in total. The lowest BCUT2D eigenvalue weighted by Gasteiger charge is -2.25. The quantitative estimate of drug-likeness (QED) is 0.597. The molecule has 1 aliphatic carbocycles. The number of fused-ring (bicyclic) bond motifs is 2. The zero-order chi connectivity index (χ0) is 22.3. The highest BCUT2D eigenvalue weighted by atomic mass is 19.4. The molecular weight excluding hydrogens is 418 g/mol. The average Bonchev–Trinajstić information content (AvgIpc) is 3.17. The van der Waals surface area contributed by atoms with Crippen molar-refractivity contribution in [1.29, 1.82) is 0 Å². The van der Waals surface area contributed by atoms with Crippen LogP contribution in [0.2, 0.25) is 0 Å². The van der Waals surface area contributed by atoms with Crippen LogP contribution >= 0.6 is 0 Å². The predicted octanol–water partition coefficient (Wildman–Crippen LogP) is 5.37. The fraction of sp³-hybridized carbons (Fsp3) is 0.350. The van der Waals surface area contributed by atoms with Gasteiger partial charge >= 0.3 is 6.18 Å². The van der Waals surface area contributed by atoms with E-state index in [2.05, 4.69) is 0 Å². The summed E-state index contributed by atoms with van der Waals surface area (Å²) in [7, 11) is 0. The van der Waals surface area contributed by atoms with E-state index in [0.717, 1.165) is 12.1 Å². The first-order valence-electron chi connectivity index (χ1n) is 8.73. The van der Waals surface area contributed by atoms with Gasteiger partial charge in [0.1, 0.15) is 23.1 Å². The topological polar surface area (TPSA) is 44.8 Å². The molecule has 10 heteroatoms. The van der Waals surface area contributed by atoms with E-state index in [1.54, 1.807) is 13.0 Å². The number of benzene rings is 2. The van der Waals surface area contributed by atoms with E-state index >= 15 is 0 Å². The summed E-state index contributed by atoms with van der Waals surface area (Å²) in [5.41, 5.74) is 0.833. The maximum Gasteiger partial charge on any atom is 0.386 e. The molecule has 0 radical (unpaired) electrons. The molecule has 0 aromatic heterocycles. The molecule has 0 amide bonds. The van der Waals surface area contributed by atoms with E-state index in [9.17, 15) is 31.1 Å². The van der Waals surface area contributed by atoms with Crippen molar-refractivity contribution in [2.24, 2.45) is 0 Å². The summed E-state index contributed by atoms with van der Waals surface area (Å²) in [6, 6.07) is 5.71. The number of alkyl halides is 4. The molecule has 1 unspecified atom stereocenters. The molecule has 0 bridgehead atoms. The number of aryl methyl sites for hydroxylation is 1. The highest BCUT2D eigenvalue weighted by molar-refractivity contribution is 6.07. The Morgan fingerprint density at radius 3 is 2.13 bits per heavy atom. The average molecular weight is 434 g/mol. The Bertz CT molecular complexity index is 940. The van der Waals surface area contributed by atoms with Crippen molar-refractivity contribution in [3.63, 3.8) is 0 Å². The molecule has 1 spiro atoms. The second-order valence-electron chi connectivity index (χ2n) is 6.71. The molecule has 4 rings (SSSR count). The fourth-order valence-electron chi connectivity index (χ4n) is 3.33. The Hall–Kier alpha value is -2.59.